The maximum absolute atomic E-state index is 12.2. The molecule has 0 fully saturated rings. The Balaban J connectivity index is 1.31. The lowest BCUT2D eigenvalue weighted by atomic mass is 10.1. The highest BCUT2D eigenvalue weighted by Crippen LogP contribution is 2.21. The maximum atomic E-state index is 12.2. The Kier molecular flexibility index (Phi) is 7.20. The first-order chi connectivity index (χ1) is 15.2. The van der Waals surface area contributed by atoms with Gasteiger partial charge in [-0.2, -0.15) is 0 Å². The van der Waals surface area contributed by atoms with Gasteiger partial charge in [0.05, 0.1) is 0 Å². The third kappa shape index (κ3) is 5.85. The van der Waals surface area contributed by atoms with Crippen LogP contribution >= 0.6 is 0 Å². The van der Waals surface area contributed by atoms with E-state index in [1.807, 2.05) is 49.4 Å². The number of hydrogen-bond acceptors (Lipinski definition) is 3. The van der Waals surface area contributed by atoms with Crippen LogP contribution in [0, 0.1) is 7.14 Å². The summed E-state index contributed by atoms with van der Waals surface area (Å²) in [5.41, 5.74) is 1.00. The summed E-state index contributed by atoms with van der Waals surface area (Å²) in [6, 6.07) is 32.9. The van der Waals surface area contributed by atoms with Crippen LogP contribution < -0.4 is 25.9 Å². The number of carbonyl (C=O) groups is 1. The Labute approximate surface area is 193 Å². The second-order valence-corrected chi connectivity index (χ2v) is 10.2. The molecule has 0 N–H and O–H groups in total. The van der Waals surface area contributed by atoms with Crippen LogP contribution in [0.2, 0.25) is 0 Å². The van der Waals surface area contributed by atoms with Crippen LogP contribution in [0.25, 0.3) is 10.8 Å². The third-order valence-electron chi connectivity index (χ3n) is 4.92. The van der Waals surface area contributed by atoms with Gasteiger partial charge in [0.1, 0.15) is 11.9 Å². The molecule has 4 aromatic carbocycles. The van der Waals surface area contributed by atoms with Gasteiger partial charge in [0.2, 0.25) is 0 Å². The van der Waals surface area contributed by atoms with E-state index in [4.69, 9.17) is 9.47 Å². The minimum atomic E-state index is -0.358. The number of benzene rings is 4. The number of hydrogen-bond donors (Lipinski definition) is 0. The molecule has 0 aromatic heterocycles. The molecule has 3 nitrogen and oxygen atoms in total. The van der Waals surface area contributed by atoms with Crippen molar-refractivity contribution in [2.75, 3.05) is 6.61 Å². The molecule has 31 heavy (non-hydrogen) atoms. The van der Waals surface area contributed by atoms with Crippen molar-refractivity contribution in [3.05, 3.63) is 110 Å². The second-order valence-electron chi connectivity index (χ2n) is 7.13. The van der Waals surface area contributed by atoms with Gasteiger partial charge in [0, 0.05) is 0 Å². The van der Waals surface area contributed by atoms with Gasteiger partial charge in [-0.15, -0.1) is 0 Å². The molecule has 1 unspecified atom stereocenters. The zero-order valence-corrected chi connectivity index (χ0v) is 19.5. The van der Waals surface area contributed by atoms with Gasteiger partial charge in [0.15, 0.2) is 13.7 Å². The Morgan fingerprint density at radius 1 is 0.806 bits per heavy atom. The fourth-order valence-corrected chi connectivity index (χ4v) is 5.62. The molecular weight excluding hydrogens is 499 g/mol. The molecule has 4 rings (SSSR count). The molecule has 0 saturated carbocycles. The third-order valence-corrected chi connectivity index (χ3v) is 7.55. The molecular formula is C27H24IO3+. The molecule has 0 bridgehead atoms. The molecule has 0 aliphatic carbocycles. The van der Waals surface area contributed by atoms with E-state index in [0.29, 0.717) is 5.75 Å². The first-order valence-corrected chi connectivity index (χ1v) is 12.5. The highest BCUT2D eigenvalue weighted by molar-refractivity contribution is 5.81. The second kappa shape index (κ2) is 10.4. The summed E-state index contributed by atoms with van der Waals surface area (Å²) in [5, 5.41) is 2.54. The molecule has 4 aromatic rings. The Morgan fingerprint density at radius 2 is 1.48 bits per heavy atom. The van der Waals surface area contributed by atoms with Crippen molar-refractivity contribution in [2.45, 2.75) is 19.4 Å². The lowest BCUT2D eigenvalue weighted by Gasteiger charge is -2.16. The molecule has 4 heteroatoms. The number of ether oxygens (including phenoxy) is 2. The largest absolute Gasteiger partial charge is 0.482 e. The minimum absolute atomic E-state index is 0.0948. The highest BCUT2D eigenvalue weighted by atomic mass is 127. The number of rotatable bonds is 8. The molecule has 156 valence electrons. The lowest BCUT2D eigenvalue weighted by molar-refractivity contribution is -0.597. The van der Waals surface area contributed by atoms with Crippen LogP contribution in [-0.2, 0) is 9.53 Å². The van der Waals surface area contributed by atoms with Crippen molar-refractivity contribution in [1.29, 1.82) is 0 Å². The molecule has 0 saturated heterocycles. The summed E-state index contributed by atoms with van der Waals surface area (Å²) in [6.07, 6.45) is 0.481. The molecule has 1 atom stereocenters. The van der Waals surface area contributed by atoms with E-state index in [1.54, 1.807) is 0 Å². The van der Waals surface area contributed by atoms with Crippen molar-refractivity contribution in [2.24, 2.45) is 0 Å². The van der Waals surface area contributed by atoms with E-state index in [2.05, 4.69) is 54.6 Å². The van der Waals surface area contributed by atoms with Gasteiger partial charge in [-0.25, -0.2) is 4.79 Å². The summed E-state index contributed by atoms with van der Waals surface area (Å²) < 4.78 is 13.9. The van der Waals surface area contributed by atoms with Crippen molar-refractivity contribution >= 4 is 16.7 Å². The number of fused-ring (bicyclic) bond motifs is 1. The standard InChI is InChI=1S/C27H24IO3/c1-2-26(21-9-4-3-5-10-21)31-27(29)19-30-25-16-14-23(15-17-25)28-24-13-12-20-8-6-7-11-22(20)18-24/h3-18,26H,2,19H2,1H3/q+1. The topological polar surface area (TPSA) is 35.5 Å². The molecule has 0 radical (unpaired) electrons. The van der Waals surface area contributed by atoms with Gasteiger partial charge in [-0.1, -0.05) is 61.5 Å². The van der Waals surface area contributed by atoms with Crippen LogP contribution in [0.3, 0.4) is 0 Å². The van der Waals surface area contributed by atoms with Crippen molar-refractivity contribution in [3.63, 3.8) is 0 Å². The predicted octanol–water partition coefficient (Wildman–Crippen LogP) is 3.04. The van der Waals surface area contributed by atoms with Crippen molar-refractivity contribution in [3.8, 4) is 5.75 Å². The SMILES string of the molecule is CCC(OC(=O)COc1ccc([I+]c2ccc3ccccc3c2)cc1)c1ccccc1. The molecule has 0 amide bonds. The Hall–Kier alpha value is -2.86. The zero-order chi connectivity index (χ0) is 21.5. The molecule has 0 spiro atoms. The van der Waals surface area contributed by atoms with Crippen LogP contribution in [0.5, 0.6) is 5.75 Å². The summed E-state index contributed by atoms with van der Waals surface area (Å²) in [7, 11) is 0. The van der Waals surface area contributed by atoms with E-state index >= 15 is 0 Å². The number of esters is 1. The van der Waals surface area contributed by atoms with Crippen LogP contribution in [0.1, 0.15) is 25.0 Å². The summed E-state index contributed by atoms with van der Waals surface area (Å²) in [5.74, 6) is 0.319. The predicted molar refractivity (Wildman–Crippen MR) is 119 cm³/mol. The van der Waals surface area contributed by atoms with Gasteiger partial charge >= 0.3 is 27.2 Å². The first-order valence-electron chi connectivity index (χ1n) is 10.3. The normalized spacial score (nSPS) is 11.8. The average Bonchev–Trinajstić information content (AvgIpc) is 2.82. The Bertz CT molecular complexity index is 1140. The quantitative estimate of drug-likeness (QED) is 0.263. The van der Waals surface area contributed by atoms with E-state index in [-0.39, 0.29) is 39.9 Å². The van der Waals surface area contributed by atoms with E-state index in [0.717, 1.165) is 12.0 Å². The highest BCUT2D eigenvalue weighted by Gasteiger charge is 2.17. The average molecular weight is 523 g/mol. The lowest BCUT2D eigenvalue weighted by Crippen LogP contribution is -3.61. The van der Waals surface area contributed by atoms with Crippen molar-refractivity contribution in [1.82, 2.24) is 0 Å². The van der Waals surface area contributed by atoms with Gasteiger partial charge in [-0.05, 0) is 65.2 Å². The molecule has 0 aliphatic heterocycles. The van der Waals surface area contributed by atoms with Gasteiger partial charge in [-0.3, -0.25) is 0 Å². The van der Waals surface area contributed by atoms with E-state index in [1.165, 1.54) is 17.9 Å². The minimum Gasteiger partial charge on any atom is -0.482 e. The zero-order valence-electron chi connectivity index (χ0n) is 17.3. The van der Waals surface area contributed by atoms with Crippen LogP contribution in [0.15, 0.2) is 97.1 Å². The molecule has 0 aliphatic rings. The fourth-order valence-electron chi connectivity index (χ4n) is 3.33. The summed E-state index contributed by atoms with van der Waals surface area (Å²) in [4.78, 5) is 12.2. The monoisotopic (exact) mass is 523 g/mol. The van der Waals surface area contributed by atoms with Gasteiger partial charge < -0.3 is 9.47 Å². The summed E-state index contributed by atoms with van der Waals surface area (Å²) >= 11 is -0.269. The van der Waals surface area contributed by atoms with E-state index < -0.39 is 0 Å². The van der Waals surface area contributed by atoms with Crippen molar-refractivity contribution < 1.29 is 35.5 Å². The fraction of sp³-hybridized carbons (Fsp3) is 0.148. The van der Waals surface area contributed by atoms with Crippen LogP contribution in [0.4, 0.5) is 0 Å². The van der Waals surface area contributed by atoms with Gasteiger partial charge in [0.25, 0.3) is 0 Å². The summed E-state index contributed by atoms with van der Waals surface area (Å²) in [6.45, 7) is 1.91. The number of carbonyl (C=O) groups excluding carboxylic acids is 1. The Morgan fingerprint density at radius 3 is 2.23 bits per heavy atom. The first kappa shape index (κ1) is 21.4. The number of halogens is 1. The van der Waals surface area contributed by atoms with Crippen LogP contribution in [-0.4, -0.2) is 12.6 Å². The smallest absolute Gasteiger partial charge is 0.357 e. The maximum Gasteiger partial charge on any atom is 0.357 e. The van der Waals surface area contributed by atoms with E-state index in [9.17, 15) is 4.79 Å². The molecule has 0 heterocycles.